The molecule has 0 aromatic rings. The van der Waals surface area contributed by atoms with E-state index in [1.165, 1.54) is 12.8 Å². The molecular weight excluding hydrogens is 292 g/mol. The predicted molar refractivity (Wildman–Crippen MR) is 93.2 cm³/mol. The van der Waals surface area contributed by atoms with Crippen molar-refractivity contribution < 1.29 is 19.0 Å². The van der Waals surface area contributed by atoms with Crippen LogP contribution in [0.5, 0.6) is 0 Å². The highest BCUT2D eigenvalue weighted by atomic mass is 16.7. The summed E-state index contributed by atoms with van der Waals surface area (Å²) < 4.78 is 16.5. The van der Waals surface area contributed by atoms with E-state index in [1.807, 2.05) is 6.92 Å². The number of ketones is 1. The summed E-state index contributed by atoms with van der Waals surface area (Å²) in [7, 11) is 0. The highest BCUT2D eigenvalue weighted by molar-refractivity contribution is 5.81. The Balaban J connectivity index is 0.000000705. The van der Waals surface area contributed by atoms with Crippen molar-refractivity contribution in [2.24, 2.45) is 5.92 Å². The van der Waals surface area contributed by atoms with E-state index in [2.05, 4.69) is 26.7 Å². The van der Waals surface area contributed by atoms with E-state index < -0.39 is 0 Å². The Labute approximate surface area is 142 Å². The normalized spacial score (nSPS) is 19.3. The molecule has 0 aromatic carbocycles. The predicted octanol–water partition coefficient (Wildman–Crippen LogP) is 3.97. The molecule has 0 amide bonds. The average molecular weight is 326 g/mol. The standard InChI is InChI=1S/C13H22O4.C4H10.C2H2/c1-2-15-8-5-12(14)11-3-6-13(7-4-11)16-9-10-17-13;1-3-4-2;1-2/h11H,2-10H2,1H3;3-4H2,1-2H3;1-2H. The first-order valence-electron chi connectivity index (χ1n) is 8.89. The van der Waals surface area contributed by atoms with E-state index in [0.29, 0.717) is 38.6 Å². The highest BCUT2D eigenvalue weighted by Crippen LogP contribution is 2.38. The molecule has 1 saturated heterocycles. The van der Waals surface area contributed by atoms with Crippen molar-refractivity contribution in [2.75, 3.05) is 26.4 Å². The first kappa shape index (κ1) is 22.1. The fraction of sp³-hybridized carbons (Fsp3) is 0.842. The van der Waals surface area contributed by atoms with E-state index in [-0.39, 0.29) is 11.7 Å². The van der Waals surface area contributed by atoms with E-state index >= 15 is 0 Å². The van der Waals surface area contributed by atoms with Gasteiger partial charge in [-0.2, -0.15) is 0 Å². The zero-order valence-corrected chi connectivity index (χ0v) is 15.1. The molecule has 2 fully saturated rings. The third kappa shape index (κ3) is 8.50. The summed E-state index contributed by atoms with van der Waals surface area (Å²) in [6.45, 7) is 8.95. The minimum atomic E-state index is -0.350. The molecule has 0 bridgehead atoms. The molecule has 0 aromatic heterocycles. The summed E-state index contributed by atoms with van der Waals surface area (Å²) in [6.07, 6.45) is 14.7. The fourth-order valence-corrected chi connectivity index (χ4v) is 2.69. The third-order valence-electron chi connectivity index (χ3n) is 4.21. The van der Waals surface area contributed by atoms with Crippen LogP contribution in [0.3, 0.4) is 0 Å². The maximum atomic E-state index is 11.9. The summed E-state index contributed by atoms with van der Waals surface area (Å²) in [5.41, 5.74) is 0. The lowest BCUT2D eigenvalue weighted by atomic mass is 9.82. The van der Waals surface area contributed by atoms with E-state index in [0.717, 1.165) is 25.7 Å². The van der Waals surface area contributed by atoms with Gasteiger partial charge in [0, 0.05) is 31.8 Å². The van der Waals surface area contributed by atoms with Crippen LogP contribution in [0.15, 0.2) is 0 Å². The van der Waals surface area contributed by atoms with Gasteiger partial charge in [-0.15, -0.1) is 12.8 Å². The van der Waals surface area contributed by atoms with Gasteiger partial charge in [0.25, 0.3) is 0 Å². The number of hydrogen-bond acceptors (Lipinski definition) is 4. The smallest absolute Gasteiger partial charge is 0.168 e. The van der Waals surface area contributed by atoms with Gasteiger partial charge in [-0.3, -0.25) is 4.79 Å². The lowest BCUT2D eigenvalue weighted by Crippen LogP contribution is -2.37. The molecule has 1 aliphatic carbocycles. The van der Waals surface area contributed by atoms with Crippen LogP contribution in [0.4, 0.5) is 0 Å². The monoisotopic (exact) mass is 326 g/mol. The van der Waals surface area contributed by atoms with Crippen LogP contribution in [-0.4, -0.2) is 38.0 Å². The molecular formula is C19H34O4. The van der Waals surface area contributed by atoms with Crippen LogP contribution in [0, 0.1) is 18.8 Å². The Morgan fingerprint density at radius 3 is 2.04 bits per heavy atom. The summed E-state index contributed by atoms with van der Waals surface area (Å²) in [5, 5.41) is 0. The number of carbonyl (C=O) groups is 1. The van der Waals surface area contributed by atoms with E-state index in [4.69, 9.17) is 14.2 Å². The van der Waals surface area contributed by atoms with Crippen molar-refractivity contribution >= 4 is 5.78 Å². The molecule has 0 N–H and O–H groups in total. The second kappa shape index (κ2) is 13.5. The van der Waals surface area contributed by atoms with Crippen LogP contribution in [0.1, 0.15) is 65.7 Å². The lowest BCUT2D eigenvalue weighted by Gasteiger charge is -2.34. The second-order valence-electron chi connectivity index (χ2n) is 5.80. The minimum absolute atomic E-state index is 0.189. The number of Topliss-reactive ketones (excluding diaryl/α,β-unsaturated/α-hetero) is 1. The lowest BCUT2D eigenvalue weighted by molar-refractivity contribution is -0.183. The molecule has 0 atom stereocenters. The zero-order valence-electron chi connectivity index (χ0n) is 15.1. The van der Waals surface area contributed by atoms with Crippen LogP contribution in [0.25, 0.3) is 0 Å². The zero-order chi connectivity index (χ0) is 17.6. The van der Waals surface area contributed by atoms with Gasteiger partial charge in [0.05, 0.1) is 19.8 Å². The molecule has 4 nitrogen and oxygen atoms in total. The van der Waals surface area contributed by atoms with E-state index in [1.54, 1.807) is 0 Å². The Kier molecular flexibility index (Phi) is 13.0. The number of carbonyl (C=O) groups excluding carboxylic acids is 1. The van der Waals surface area contributed by atoms with Gasteiger partial charge >= 0.3 is 0 Å². The average Bonchev–Trinajstić information content (AvgIpc) is 3.06. The van der Waals surface area contributed by atoms with Crippen molar-refractivity contribution in [1.82, 2.24) is 0 Å². The molecule has 0 unspecified atom stereocenters. The van der Waals surface area contributed by atoms with Gasteiger partial charge in [0.15, 0.2) is 5.79 Å². The molecule has 1 saturated carbocycles. The molecule has 134 valence electrons. The quantitative estimate of drug-likeness (QED) is 0.547. The van der Waals surface area contributed by atoms with Crippen molar-refractivity contribution in [2.45, 2.75) is 71.5 Å². The van der Waals surface area contributed by atoms with Gasteiger partial charge in [-0.05, 0) is 19.8 Å². The Hall–Kier alpha value is -0.890. The first-order valence-corrected chi connectivity index (χ1v) is 8.89. The van der Waals surface area contributed by atoms with Crippen LogP contribution in [-0.2, 0) is 19.0 Å². The molecule has 23 heavy (non-hydrogen) atoms. The van der Waals surface area contributed by atoms with Crippen molar-refractivity contribution in [3.05, 3.63) is 0 Å². The van der Waals surface area contributed by atoms with Crippen molar-refractivity contribution in [1.29, 1.82) is 0 Å². The maximum absolute atomic E-state index is 11.9. The molecule has 4 heteroatoms. The minimum Gasteiger partial charge on any atom is -0.381 e. The van der Waals surface area contributed by atoms with Crippen LogP contribution < -0.4 is 0 Å². The maximum Gasteiger partial charge on any atom is 0.168 e. The fourth-order valence-electron chi connectivity index (χ4n) is 2.69. The van der Waals surface area contributed by atoms with Gasteiger partial charge in [0.1, 0.15) is 5.78 Å². The van der Waals surface area contributed by atoms with Gasteiger partial charge < -0.3 is 14.2 Å². The van der Waals surface area contributed by atoms with Crippen LogP contribution in [0.2, 0.25) is 0 Å². The third-order valence-corrected chi connectivity index (χ3v) is 4.21. The highest BCUT2D eigenvalue weighted by Gasteiger charge is 2.41. The summed E-state index contributed by atoms with van der Waals surface area (Å²) >= 11 is 0. The number of unbranched alkanes of at least 4 members (excludes halogenated alkanes) is 1. The molecule has 0 radical (unpaired) electrons. The topological polar surface area (TPSA) is 44.8 Å². The van der Waals surface area contributed by atoms with Gasteiger partial charge in [0.2, 0.25) is 0 Å². The molecule has 2 rings (SSSR count). The van der Waals surface area contributed by atoms with Crippen molar-refractivity contribution in [3.8, 4) is 12.8 Å². The summed E-state index contributed by atoms with van der Waals surface area (Å²) in [4.78, 5) is 11.9. The van der Waals surface area contributed by atoms with Gasteiger partial charge in [-0.25, -0.2) is 0 Å². The Bertz CT molecular complexity index is 307. The number of terminal acetylenes is 1. The number of hydrogen-bond donors (Lipinski definition) is 0. The molecule has 2 aliphatic rings. The largest absolute Gasteiger partial charge is 0.381 e. The van der Waals surface area contributed by atoms with Gasteiger partial charge in [-0.1, -0.05) is 26.7 Å². The molecule has 1 heterocycles. The second-order valence-corrected chi connectivity index (χ2v) is 5.80. The van der Waals surface area contributed by atoms with Crippen LogP contribution >= 0.6 is 0 Å². The Morgan fingerprint density at radius 1 is 1.09 bits per heavy atom. The number of ether oxygens (including phenoxy) is 3. The SMILES string of the molecule is C#C.CCCC.CCOCCC(=O)C1CCC2(CC1)OCCO2. The molecule has 1 aliphatic heterocycles. The van der Waals surface area contributed by atoms with Crippen molar-refractivity contribution in [3.63, 3.8) is 0 Å². The first-order chi connectivity index (χ1) is 11.2. The summed E-state index contributed by atoms with van der Waals surface area (Å²) in [6, 6.07) is 0. The number of rotatable bonds is 6. The Morgan fingerprint density at radius 2 is 1.61 bits per heavy atom. The molecule has 1 spiro atoms. The van der Waals surface area contributed by atoms with E-state index in [9.17, 15) is 4.79 Å². The summed E-state index contributed by atoms with van der Waals surface area (Å²) in [5.74, 6) is 0.177.